The smallest absolute Gasteiger partial charge is 0.241 e. The van der Waals surface area contributed by atoms with Gasteiger partial charge in [-0.3, -0.25) is 9.80 Å². The highest BCUT2D eigenvalue weighted by Crippen LogP contribution is 2.21. The molecule has 2 saturated heterocycles. The van der Waals surface area contributed by atoms with Crippen molar-refractivity contribution >= 4 is 11.3 Å². The SMILES string of the molecule is CC(C)N1CCN(CCCN2CCN(Cc3nc(-c4cccs4)no3)CC2)CC1. The monoisotopic (exact) mass is 418 g/mol. The highest BCUT2D eigenvalue weighted by atomic mass is 32.1. The zero-order chi connectivity index (χ0) is 20.1. The Morgan fingerprint density at radius 1 is 0.966 bits per heavy atom. The number of thiophene rings is 1. The molecule has 8 heteroatoms. The van der Waals surface area contributed by atoms with E-state index in [-0.39, 0.29) is 0 Å². The third-order valence-electron chi connectivity index (χ3n) is 6.12. The molecule has 0 amide bonds. The highest BCUT2D eigenvalue weighted by Gasteiger charge is 2.21. The van der Waals surface area contributed by atoms with Gasteiger partial charge in [0.2, 0.25) is 11.7 Å². The van der Waals surface area contributed by atoms with Crippen molar-refractivity contribution in [3.63, 3.8) is 0 Å². The van der Waals surface area contributed by atoms with Gasteiger partial charge in [0.25, 0.3) is 0 Å². The first kappa shape index (κ1) is 20.9. The summed E-state index contributed by atoms with van der Waals surface area (Å²) in [6.45, 7) is 17.1. The summed E-state index contributed by atoms with van der Waals surface area (Å²) in [6, 6.07) is 4.73. The summed E-state index contributed by atoms with van der Waals surface area (Å²) in [5, 5.41) is 6.16. The van der Waals surface area contributed by atoms with Gasteiger partial charge >= 0.3 is 0 Å². The van der Waals surface area contributed by atoms with Crippen molar-refractivity contribution in [1.82, 2.24) is 29.7 Å². The summed E-state index contributed by atoms with van der Waals surface area (Å²) in [5.74, 6) is 1.44. The quantitative estimate of drug-likeness (QED) is 0.652. The van der Waals surface area contributed by atoms with Crippen LogP contribution in [0.5, 0.6) is 0 Å². The van der Waals surface area contributed by atoms with Crippen LogP contribution in [0.3, 0.4) is 0 Å². The summed E-state index contributed by atoms with van der Waals surface area (Å²) in [5.41, 5.74) is 0. The topological polar surface area (TPSA) is 51.9 Å². The van der Waals surface area contributed by atoms with Crippen LogP contribution < -0.4 is 0 Å². The second-order valence-corrected chi connectivity index (χ2v) is 9.38. The van der Waals surface area contributed by atoms with E-state index in [9.17, 15) is 0 Å². The number of rotatable bonds is 8. The van der Waals surface area contributed by atoms with Gasteiger partial charge in [0, 0.05) is 58.4 Å². The Hall–Kier alpha value is -1.32. The Balaban J connectivity index is 1.12. The van der Waals surface area contributed by atoms with Crippen molar-refractivity contribution in [1.29, 1.82) is 0 Å². The van der Waals surface area contributed by atoms with Crippen molar-refractivity contribution < 1.29 is 4.52 Å². The zero-order valence-electron chi connectivity index (χ0n) is 17.8. The van der Waals surface area contributed by atoms with Crippen LogP contribution in [0.4, 0.5) is 0 Å². The van der Waals surface area contributed by atoms with Crippen LogP contribution in [0.1, 0.15) is 26.2 Å². The molecule has 2 aromatic rings. The molecular weight excluding hydrogens is 384 g/mol. The van der Waals surface area contributed by atoms with Crippen LogP contribution in [0, 0.1) is 0 Å². The molecule has 0 spiro atoms. The maximum absolute atomic E-state index is 5.45. The molecule has 2 aromatic heterocycles. The molecule has 0 radical (unpaired) electrons. The number of hydrogen-bond donors (Lipinski definition) is 0. The molecule has 4 heterocycles. The fourth-order valence-corrected chi connectivity index (χ4v) is 4.86. The molecule has 2 aliphatic heterocycles. The Morgan fingerprint density at radius 2 is 1.62 bits per heavy atom. The standard InChI is InChI=1S/C21H34N6OS/c1-18(2)27-14-12-25(13-15-27)7-4-6-24-8-10-26(11-9-24)17-20-22-21(23-28-20)19-5-3-16-29-19/h3,5,16,18H,4,6-15,17H2,1-2H3. The average molecular weight is 419 g/mol. The third-order valence-corrected chi connectivity index (χ3v) is 6.99. The Labute approximate surface area is 178 Å². The van der Waals surface area contributed by atoms with Gasteiger partial charge in [-0.2, -0.15) is 4.98 Å². The van der Waals surface area contributed by atoms with E-state index in [1.54, 1.807) is 11.3 Å². The molecule has 2 aliphatic rings. The molecule has 29 heavy (non-hydrogen) atoms. The molecule has 160 valence electrons. The summed E-state index contributed by atoms with van der Waals surface area (Å²) in [7, 11) is 0. The predicted octanol–water partition coefficient (Wildman–Crippen LogP) is 2.33. The van der Waals surface area contributed by atoms with E-state index >= 15 is 0 Å². The minimum atomic E-state index is 0.683. The molecule has 7 nitrogen and oxygen atoms in total. The zero-order valence-corrected chi connectivity index (χ0v) is 18.6. The molecule has 0 atom stereocenters. The van der Waals surface area contributed by atoms with Crippen LogP contribution in [-0.4, -0.2) is 101 Å². The molecule has 0 unspecified atom stereocenters. The fourth-order valence-electron chi connectivity index (χ4n) is 4.21. The van der Waals surface area contributed by atoms with E-state index in [1.807, 2.05) is 17.5 Å². The van der Waals surface area contributed by atoms with E-state index in [0.29, 0.717) is 11.9 Å². The molecule has 0 N–H and O–H groups in total. The fraction of sp³-hybridized carbons (Fsp3) is 0.714. The average Bonchev–Trinajstić information content (AvgIpc) is 3.42. The van der Waals surface area contributed by atoms with Gasteiger partial charge in [-0.1, -0.05) is 11.2 Å². The molecule has 0 aliphatic carbocycles. The van der Waals surface area contributed by atoms with Crippen LogP contribution in [0.2, 0.25) is 0 Å². The molecule has 0 aromatic carbocycles. The van der Waals surface area contributed by atoms with Gasteiger partial charge in [0.05, 0.1) is 11.4 Å². The second-order valence-electron chi connectivity index (χ2n) is 8.43. The van der Waals surface area contributed by atoms with Gasteiger partial charge in [0.1, 0.15) is 0 Å². The summed E-state index contributed by atoms with van der Waals surface area (Å²) in [6.07, 6.45) is 1.27. The molecule has 0 saturated carbocycles. The second kappa shape index (κ2) is 10.1. The number of nitrogens with zero attached hydrogens (tertiary/aromatic N) is 6. The molecule has 4 rings (SSSR count). The normalized spacial score (nSPS) is 20.7. The van der Waals surface area contributed by atoms with Crippen LogP contribution in [0.25, 0.3) is 10.7 Å². The largest absolute Gasteiger partial charge is 0.338 e. The molecule has 0 bridgehead atoms. The van der Waals surface area contributed by atoms with Crippen molar-refractivity contribution in [2.24, 2.45) is 0 Å². The van der Waals surface area contributed by atoms with Crippen molar-refractivity contribution in [2.45, 2.75) is 32.9 Å². The summed E-state index contributed by atoms with van der Waals surface area (Å²) in [4.78, 5) is 15.9. The van der Waals surface area contributed by atoms with Gasteiger partial charge in [-0.25, -0.2) is 0 Å². The lowest BCUT2D eigenvalue weighted by atomic mass is 10.2. The Bertz CT molecular complexity index is 717. The van der Waals surface area contributed by atoms with Gasteiger partial charge < -0.3 is 14.3 Å². The lowest BCUT2D eigenvalue weighted by molar-refractivity contribution is 0.0934. The number of aromatic nitrogens is 2. The van der Waals surface area contributed by atoms with Crippen molar-refractivity contribution in [3.8, 4) is 10.7 Å². The van der Waals surface area contributed by atoms with Gasteiger partial charge in [0.15, 0.2) is 0 Å². The minimum absolute atomic E-state index is 0.683. The van der Waals surface area contributed by atoms with Crippen molar-refractivity contribution in [3.05, 3.63) is 23.4 Å². The Morgan fingerprint density at radius 3 is 2.24 bits per heavy atom. The van der Waals surface area contributed by atoms with Crippen LogP contribution >= 0.6 is 11.3 Å². The van der Waals surface area contributed by atoms with E-state index < -0.39 is 0 Å². The van der Waals surface area contributed by atoms with Gasteiger partial charge in [-0.15, -0.1) is 11.3 Å². The lowest BCUT2D eigenvalue weighted by Crippen LogP contribution is -2.49. The third kappa shape index (κ3) is 5.86. The summed E-state index contributed by atoms with van der Waals surface area (Å²) >= 11 is 1.64. The molecular formula is C21H34N6OS. The molecule has 2 fully saturated rings. The van der Waals surface area contributed by atoms with E-state index in [0.717, 1.165) is 43.5 Å². The van der Waals surface area contributed by atoms with Gasteiger partial charge in [-0.05, 0) is 44.8 Å². The predicted molar refractivity (Wildman–Crippen MR) is 117 cm³/mol. The van der Waals surface area contributed by atoms with E-state index in [4.69, 9.17) is 4.52 Å². The summed E-state index contributed by atoms with van der Waals surface area (Å²) < 4.78 is 5.45. The highest BCUT2D eigenvalue weighted by molar-refractivity contribution is 7.13. The van der Waals surface area contributed by atoms with Crippen molar-refractivity contribution in [2.75, 3.05) is 65.4 Å². The van der Waals surface area contributed by atoms with E-state index in [2.05, 4.69) is 43.6 Å². The maximum Gasteiger partial charge on any atom is 0.241 e. The van der Waals surface area contributed by atoms with Crippen LogP contribution in [0.15, 0.2) is 22.0 Å². The first-order chi connectivity index (χ1) is 14.2. The minimum Gasteiger partial charge on any atom is -0.338 e. The first-order valence-corrected chi connectivity index (χ1v) is 11.8. The van der Waals surface area contributed by atoms with E-state index in [1.165, 1.54) is 45.7 Å². The number of piperazine rings is 2. The number of hydrogen-bond acceptors (Lipinski definition) is 8. The first-order valence-electron chi connectivity index (χ1n) is 10.9. The lowest BCUT2D eigenvalue weighted by Gasteiger charge is -2.37. The Kier molecular flexibility index (Phi) is 7.31. The van der Waals surface area contributed by atoms with Crippen LogP contribution in [-0.2, 0) is 6.54 Å². The maximum atomic E-state index is 5.45.